The molecule has 0 aliphatic heterocycles. The third-order valence-corrected chi connectivity index (χ3v) is 5.59. The molecule has 1 fully saturated rings. The molecule has 1 amide bonds. The largest absolute Gasteiger partial charge is 0.326 e. The highest BCUT2D eigenvalue weighted by Gasteiger charge is 2.60. The van der Waals surface area contributed by atoms with E-state index in [2.05, 4.69) is 5.32 Å². The second-order valence-corrected chi connectivity index (χ2v) is 7.28. The summed E-state index contributed by atoms with van der Waals surface area (Å²) in [5.74, 6) is -0.420. The highest BCUT2D eigenvalue weighted by molar-refractivity contribution is 6.32. The Hall–Kier alpha value is -3.18. The van der Waals surface area contributed by atoms with Crippen LogP contribution in [0, 0.1) is 16.0 Å². The number of anilines is 1. The fourth-order valence-corrected chi connectivity index (χ4v) is 4.00. The topological polar surface area (TPSA) is 72.2 Å². The molecule has 0 saturated heterocycles. The second-order valence-electron chi connectivity index (χ2n) is 6.87. The minimum atomic E-state index is -0.562. The Labute approximate surface area is 167 Å². The van der Waals surface area contributed by atoms with Gasteiger partial charge in [-0.25, -0.2) is 0 Å². The molecule has 0 aromatic heterocycles. The van der Waals surface area contributed by atoms with Crippen LogP contribution >= 0.6 is 11.6 Å². The van der Waals surface area contributed by atoms with Crippen LogP contribution < -0.4 is 5.32 Å². The Morgan fingerprint density at radius 3 is 2.11 bits per heavy atom. The molecule has 1 aliphatic rings. The maximum Gasteiger partial charge on any atom is 0.289 e. The Morgan fingerprint density at radius 2 is 1.57 bits per heavy atom. The molecule has 0 unspecified atom stereocenters. The molecule has 1 aliphatic carbocycles. The number of nitrogens with zero attached hydrogens (tertiary/aromatic N) is 1. The number of hydrogen-bond donors (Lipinski definition) is 1. The minimum Gasteiger partial charge on any atom is -0.326 e. The maximum absolute atomic E-state index is 13.0. The quantitative estimate of drug-likeness (QED) is 0.479. The average molecular weight is 393 g/mol. The number of rotatable bonds is 5. The molecule has 5 nitrogen and oxygen atoms in total. The molecule has 1 N–H and O–H groups in total. The second kappa shape index (κ2) is 7.09. The Morgan fingerprint density at radius 1 is 1.00 bits per heavy atom. The van der Waals surface area contributed by atoms with Crippen LogP contribution in [0.25, 0.3) is 0 Å². The summed E-state index contributed by atoms with van der Waals surface area (Å²) < 4.78 is 0. The number of nitrogens with one attached hydrogen (secondary N) is 1. The third kappa shape index (κ3) is 3.14. The first-order valence-corrected chi connectivity index (χ1v) is 9.26. The first-order chi connectivity index (χ1) is 13.5. The average Bonchev–Trinajstić information content (AvgIpc) is 3.48. The van der Waals surface area contributed by atoms with E-state index in [1.54, 1.807) is 6.07 Å². The van der Waals surface area contributed by atoms with Crippen molar-refractivity contribution in [2.24, 2.45) is 5.92 Å². The van der Waals surface area contributed by atoms with Gasteiger partial charge in [0.1, 0.15) is 5.02 Å². The van der Waals surface area contributed by atoms with E-state index in [-0.39, 0.29) is 28.0 Å². The van der Waals surface area contributed by atoms with Crippen molar-refractivity contribution in [2.45, 2.75) is 11.8 Å². The van der Waals surface area contributed by atoms with Crippen molar-refractivity contribution in [1.82, 2.24) is 0 Å². The highest BCUT2D eigenvalue weighted by Crippen LogP contribution is 2.59. The van der Waals surface area contributed by atoms with E-state index in [9.17, 15) is 14.9 Å². The molecule has 28 heavy (non-hydrogen) atoms. The molecule has 3 aromatic rings. The zero-order chi connectivity index (χ0) is 19.7. The van der Waals surface area contributed by atoms with Gasteiger partial charge in [-0.1, -0.05) is 72.3 Å². The molecule has 1 atom stereocenters. The molecule has 1 saturated carbocycles. The van der Waals surface area contributed by atoms with Crippen LogP contribution in [0.1, 0.15) is 17.5 Å². The van der Waals surface area contributed by atoms with E-state index in [4.69, 9.17) is 11.6 Å². The summed E-state index contributed by atoms with van der Waals surface area (Å²) in [5, 5.41) is 13.9. The molecular formula is C22H17ClN2O3. The lowest BCUT2D eigenvalue weighted by Gasteiger charge is -2.19. The monoisotopic (exact) mass is 392 g/mol. The molecule has 4 rings (SSSR count). The predicted octanol–water partition coefficient (Wildman–Crippen LogP) is 5.19. The third-order valence-electron chi connectivity index (χ3n) is 5.27. The van der Waals surface area contributed by atoms with Crippen molar-refractivity contribution in [3.8, 4) is 0 Å². The molecule has 0 bridgehead atoms. The lowest BCUT2D eigenvalue weighted by molar-refractivity contribution is -0.384. The van der Waals surface area contributed by atoms with E-state index in [0.29, 0.717) is 12.1 Å². The van der Waals surface area contributed by atoms with Gasteiger partial charge in [-0.3, -0.25) is 14.9 Å². The van der Waals surface area contributed by atoms with Gasteiger partial charge in [-0.05, 0) is 29.7 Å². The standard InChI is InChI=1S/C22H17ClN2O3/c23-19-12-11-17(13-20(19)25(27)28)24-21(26)18-14-22(18,15-7-3-1-4-8-15)16-9-5-2-6-10-16/h1-13,18H,14H2,(H,24,26)/t18-/m1/s1. The van der Waals surface area contributed by atoms with Crippen LogP contribution in [-0.2, 0) is 10.2 Å². The van der Waals surface area contributed by atoms with E-state index in [1.165, 1.54) is 12.1 Å². The van der Waals surface area contributed by atoms with Gasteiger partial charge in [-0.15, -0.1) is 0 Å². The zero-order valence-electron chi connectivity index (χ0n) is 14.8. The van der Waals surface area contributed by atoms with Gasteiger partial charge in [0.15, 0.2) is 0 Å². The van der Waals surface area contributed by atoms with Crippen molar-refractivity contribution in [3.05, 3.63) is 105 Å². The molecule has 0 spiro atoms. The van der Waals surface area contributed by atoms with Crippen LogP contribution in [0.3, 0.4) is 0 Å². The molecule has 3 aromatic carbocycles. The number of carbonyl (C=O) groups is 1. The van der Waals surface area contributed by atoms with E-state index >= 15 is 0 Å². The van der Waals surface area contributed by atoms with Crippen LogP contribution in [0.4, 0.5) is 11.4 Å². The number of nitro benzene ring substituents is 1. The molecule has 6 heteroatoms. The van der Waals surface area contributed by atoms with Gasteiger partial charge in [0.25, 0.3) is 5.69 Å². The number of hydrogen-bond acceptors (Lipinski definition) is 3. The molecular weight excluding hydrogens is 376 g/mol. The summed E-state index contributed by atoms with van der Waals surface area (Å²) in [6, 6.07) is 24.2. The highest BCUT2D eigenvalue weighted by atomic mass is 35.5. The van der Waals surface area contributed by atoms with Gasteiger partial charge >= 0.3 is 0 Å². The zero-order valence-corrected chi connectivity index (χ0v) is 15.6. The van der Waals surface area contributed by atoms with Gasteiger partial charge in [0.2, 0.25) is 5.91 Å². The van der Waals surface area contributed by atoms with Gasteiger partial charge in [0, 0.05) is 17.2 Å². The van der Waals surface area contributed by atoms with Crippen molar-refractivity contribution in [1.29, 1.82) is 0 Å². The summed E-state index contributed by atoms with van der Waals surface area (Å²) in [7, 11) is 0. The molecule has 140 valence electrons. The van der Waals surface area contributed by atoms with Gasteiger partial charge in [-0.2, -0.15) is 0 Å². The Balaban J connectivity index is 1.64. The van der Waals surface area contributed by atoms with Crippen molar-refractivity contribution in [3.63, 3.8) is 0 Å². The normalized spacial score (nSPS) is 17.0. The fourth-order valence-electron chi connectivity index (χ4n) is 3.82. The smallest absolute Gasteiger partial charge is 0.289 e. The first kappa shape index (κ1) is 18.2. The number of halogens is 1. The lowest BCUT2D eigenvalue weighted by Crippen LogP contribution is -2.22. The van der Waals surface area contributed by atoms with Crippen LogP contribution in [0.15, 0.2) is 78.9 Å². The van der Waals surface area contributed by atoms with Gasteiger partial charge in [0.05, 0.1) is 10.8 Å². The van der Waals surface area contributed by atoms with Crippen LogP contribution in [0.2, 0.25) is 5.02 Å². The summed E-state index contributed by atoms with van der Waals surface area (Å²) in [6.45, 7) is 0. The summed E-state index contributed by atoms with van der Waals surface area (Å²) in [4.78, 5) is 23.5. The van der Waals surface area contributed by atoms with E-state index < -0.39 is 4.92 Å². The lowest BCUT2D eigenvalue weighted by atomic mass is 9.85. The first-order valence-electron chi connectivity index (χ1n) is 8.88. The van der Waals surface area contributed by atoms with Crippen molar-refractivity contribution < 1.29 is 9.72 Å². The number of benzene rings is 3. The summed E-state index contributed by atoms with van der Waals surface area (Å²) in [5.41, 5.74) is 1.92. The number of amides is 1. The van der Waals surface area contributed by atoms with Crippen LogP contribution in [0.5, 0.6) is 0 Å². The summed E-state index contributed by atoms with van der Waals surface area (Å²) in [6.07, 6.45) is 0.683. The maximum atomic E-state index is 13.0. The van der Waals surface area contributed by atoms with E-state index in [0.717, 1.165) is 11.1 Å². The Kier molecular flexibility index (Phi) is 4.61. The number of nitro groups is 1. The SMILES string of the molecule is O=C(Nc1ccc(Cl)c([N+](=O)[O-])c1)[C@H]1CC1(c1ccccc1)c1ccccc1. The molecule has 0 radical (unpaired) electrons. The Bertz CT molecular complexity index is 999. The van der Waals surface area contributed by atoms with Crippen molar-refractivity contribution >= 4 is 28.9 Å². The van der Waals surface area contributed by atoms with E-state index in [1.807, 2.05) is 60.7 Å². The summed E-state index contributed by atoms with van der Waals surface area (Å²) >= 11 is 5.85. The van der Waals surface area contributed by atoms with Gasteiger partial charge < -0.3 is 5.32 Å². The number of carbonyl (C=O) groups excluding carboxylic acids is 1. The van der Waals surface area contributed by atoms with Crippen LogP contribution in [-0.4, -0.2) is 10.8 Å². The fraction of sp³-hybridized carbons (Fsp3) is 0.136. The van der Waals surface area contributed by atoms with Crippen molar-refractivity contribution in [2.75, 3.05) is 5.32 Å². The molecule has 0 heterocycles. The predicted molar refractivity (Wildman–Crippen MR) is 109 cm³/mol. The minimum absolute atomic E-state index is 0.0392.